The summed E-state index contributed by atoms with van der Waals surface area (Å²) in [6.45, 7) is 11.3. The lowest BCUT2D eigenvalue weighted by Crippen LogP contribution is -2.48. The van der Waals surface area contributed by atoms with Crippen molar-refractivity contribution in [2.24, 2.45) is 11.3 Å². The Hall–Kier alpha value is -0.0800. The van der Waals surface area contributed by atoms with Crippen molar-refractivity contribution >= 4 is 0 Å². The maximum Gasteiger partial charge on any atom is 0.00476 e. The van der Waals surface area contributed by atoms with Gasteiger partial charge in [0.15, 0.2) is 0 Å². The lowest BCUT2D eigenvalue weighted by molar-refractivity contribution is 0.0981. The lowest BCUT2D eigenvalue weighted by Gasteiger charge is -2.41. The third-order valence-electron chi connectivity index (χ3n) is 4.03. The van der Waals surface area contributed by atoms with Gasteiger partial charge in [-0.3, -0.25) is 0 Å². The molecule has 0 radical (unpaired) electrons. The quantitative estimate of drug-likeness (QED) is 0.751. The molecule has 0 spiro atoms. The standard InChI is InChI=1S/C13H26N2/c1-12-5-3-8-15(9-12)11-13(2)6-4-7-14-10-13/h12,14H,3-11H2,1-2H3. The zero-order valence-corrected chi connectivity index (χ0v) is 10.4. The van der Waals surface area contributed by atoms with Gasteiger partial charge < -0.3 is 10.2 Å². The van der Waals surface area contributed by atoms with Gasteiger partial charge in [-0.05, 0) is 50.1 Å². The van der Waals surface area contributed by atoms with Crippen molar-refractivity contribution in [2.45, 2.75) is 39.5 Å². The highest BCUT2D eigenvalue weighted by molar-refractivity contribution is 4.85. The number of piperidine rings is 2. The normalized spacial score (nSPS) is 39.2. The van der Waals surface area contributed by atoms with Crippen LogP contribution in [0.4, 0.5) is 0 Å². The van der Waals surface area contributed by atoms with Gasteiger partial charge in [0.2, 0.25) is 0 Å². The summed E-state index contributed by atoms with van der Waals surface area (Å²) in [5.74, 6) is 0.916. The first-order valence-corrected chi connectivity index (χ1v) is 6.61. The molecule has 2 nitrogen and oxygen atoms in total. The highest BCUT2D eigenvalue weighted by Crippen LogP contribution is 2.28. The van der Waals surface area contributed by atoms with Gasteiger partial charge in [0.05, 0.1) is 0 Å². The molecule has 0 amide bonds. The van der Waals surface area contributed by atoms with Crippen molar-refractivity contribution < 1.29 is 0 Å². The van der Waals surface area contributed by atoms with Crippen LogP contribution < -0.4 is 5.32 Å². The minimum Gasteiger partial charge on any atom is -0.316 e. The fraction of sp³-hybridized carbons (Fsp3) is 1.00. The van der Waals surface area contributed by atoms with E-state index < -0.39 is 0 Å². The van der Waals surface area contributed by atoms with Gasteiger partial charge in [0.25, 0.3) is 0 Å². The predicted octanol–water partition coefficient (Wildman–Crippen LogP) is 2.11. The fourth-order valence-electron chi connectivity index (χ4n) is 3.22. The molecule has 0 aliphatic carbocycles. The van der Waals surface area contributed by atoms with Crippen LogP contribution in [-0.4, -0.2) is 37.6 Å². The van der Waals surface area contributed by atoms with E-state index in [9.17, 15) is 0 Å². The molecule has 2 fully saturated rings. The molecule has 88 valence electrons. The summed E-state index contributed by atoms with van der Waals surface area (Å²) in [4.78, 5) is 2.70. The number of likely N-dealkylation sites (tertiary alicyclic amines) is 1. The van der Waals surface area contributed by atoms with E-state index in [0.717, 1.165) is 5.92 Å². The van der Waals surface area contributed by atoms with Crippen LogP contribution in [0.3, 0.4) is 0 Å². The molecule has 2 saturated heterocycles. The zero-order valence-electron chi connectivity index (χ0n) is 10.4. The molecule has 2 atom stereocenters. The van der Waals surface area contributed by atoms with E-state index in [1.54, 1.807) is 0 Å². The largest absolute Gasteiger partial charge is 0.316 e. The Kier molecular flexibility index (Phi) is 3.68. The zero-order chi connectivity index (χ0) is 10.7. The summed E-state index contributed by atoms with van der Waals surface area (Å²) in [7, 11) is 0. The van der Waals surface area contributed by atoms with Crippen molar-refractivity contribution in [3.05, 3.63) is 0 Å². The number of hydrogen-bond acceptors (Lipinski definition) is 2. The molecule has 15 heavy (non-hydrogen) atoms. The molecule has 0 bridgehead atoms. The van der Waals surface area contributed by atoms with Crippen molar-refractivity contribution in [1.82, 2.24) is 10.2 Å². The summed E-state index contributed by atoms with van der Waals surface area (Å²) in [6, 6.07) is 0. The van der Waals surface area contributed by atoms with E-state index in [-0.39, 0.29) is 0 Å². The summed E-state index contributed by atoms with van der Waals surface area (Å²) >= 11 is 0. The molecule has 0 aromatic carbocycles. The fourth-order valence-corrected chi connectivity index (χ4v) is 3.22. The Morgan fingerprint density at radius 2 is 2.27 bits per heavy atom. The smallest absolute Gasteiger partial charge is 0.00476 e. The Morgan fingerprint density at radius 1 is 1.40 bits per heavy atom. The maximum atomic E-state index is 3.55. The maximum absolute atomic E-state index is 3.55. The molecule has 2 heterocycles. The second kappa shape index (κ2) is 4.84. The molecular weight excluding hydrogens is 184 g/mol. The van der Waals surface area contributed by atoms with E-state index in [2.05, 4.69) is 24.1 Å². The molecule has 1 N–H and O–H groups in total. The molecular formula is C13H26N2. The summed E-state index contributed by atoms with van der Waals surface area (Å²) in [6.07, 6.45) is 5.61. The first-order chi connectivity index (χ1) is 7.18. The predicted molar refractivity (Wildman–Crippen MR) is 65.0 cm³/mol. The average Bonchev–Trinajstić information content (AvgIpc) is 2.18. The van der Waals surface area contributed by atoms with Crippen LogP contribution in [0.25, 0.3) is 0 Å². The molecule has 2 rings (SSSR count). The Bertz CT molecular complexity index is 197. The van der Waals surface area contributed by atoms with E-state index in [0.29, 0.717) is 5.41 Å². The summed E-state index contributed by atoms with van der Waals surface area (Å²) in [5.41, 5.74) is 0.537. The molecule has 2 unspecified atom stereocenters. The first kappa shape index (κ1) is 11.4. The number of hydrogen-bond donors (Lipinski definition) is 1. The van der Waals surface area contributed by atoms with Crippen LogP contribution in [-0.2, 0) is 0 Å². The Morgan fingerprint density at radius 3 is 2.93 bits per heavy atom. The van der Waals surface area contributed by atoms with E-state index in [4.69, 9.17) is 0 Å². The van der Waals surface area contributed by atoms with Crippen molar-refractivity contribution in [1.29, 1.82) is 0 Å². The molecule has 2 aliphatic rings. The first-order valence-electron chi connectivity index (χ1n) is 6.61. The van der Waals surface area contributed by atoms with Gasteiger partial charge >= 0.3 is 0 Å². The second-order valence-corrected chi connectivity index (χ2v) is 6.07. The third-order valence-corrected chi connectivity index (χ3v) is 4.03. The van der Waals surface area contributed by atoms with Crippen molar-refractivity contribution in [3.63, 3.8) is 0 Å². The summed E-state index contributed by atoms with van der Waals surface area (Å²) < 4.78 is 0. The van der Waals surface area contributed by atoms with Crippen LogP contribution in [0.5, 0.6) is 0 Å². The summed E-state index contributed by atoms with van der Waals surface area (Å²) in [5, 5.41) is 3.55. The number of nitrogens with zero attached hydrogens (tertiary/aromatic N) is 1. The minimum absolute atomic E-state index is 0.537. The average molecular weight is 210 g/mol. The monoisotopic (exact) mass is 210 g/mol. The SMILES string of the molecule is CC1CCCN(CC2(C)CCCNC2)C1. The minimum atomic E-state index is 0.537. The van der Waals surface area contributed by atoms with Gasteiger partial charge in [0, 0.05) is 19.6 Å². The molecule has 0 aromatic rings. The van der Waals surface area contributed by atoms with Gasteiger partial charge in [0.1, 0.15) is 0 Å². The second-order valence-electron chi connectivity index (χ2n) is 6.07. The van der Waals surface area contributed by atoms with Crippen LogP contribution in [0.1, 0.15) is 39.5 Å². The van der Waals surface area contributed by atoms with Gasteiger partial charge in [-0.1, -0.05) is 13.8 Å². The highest BCUT2D eigenvalue weighted by atomic mass is 15.1. The molecule has 2 heteroatoms. The Balaban J connectivity index is 1.83. The molecule has 0 saturated carbocycles. The van der Waals surface area contributed by atoms with Crippen molar-refractivity contribution in [3.8, 4) is 0 Å². The lowest BCUT2D eigenvalue weighted by atomic mass is 9.81. The molecule has 0 aromatic heterocycles. The third kappa shape index (κ3) is 3.18. The molecule has 2 aliphatic heterocycles. The van der Waals surface area contributed by atoms with E-state index >= 15 is 0 Å². The van der Waals surface area contributed by atoms with Gasteiger partial charge in [-0.2, -0.15) is 0 Å². The van der Waals surface area contributed by atoms with Crippen molar-refractivity contribution in [2.75, 3.05) is 32.7 Å². The van der Waals surface area contributed by atoms with Crippen LogP contribution in [0, 0.1) is 11.3 Å². The van der Waals surface area contributed by atoms with E-state index in [1.165, 1.54) is 58.4 Å². The van der Waals surface area contributed by atoms with Crippen LogP contribution in [0.15, 0.2) is 0 Å². The van der Waals surface area contributed by atoms with Gasteiger partial charge in [-0.25, -0.2) is 0 Å². The van der Waals surface area contributed by atoms with E-state index in [1.807, 2.05) is 0 Å². The number of rotatable bonds is 2. The Labute approximate surface area is 94.4 Å². The topological polar surface area (TPSA) is 15.3 Å². The number of nitrogens with one attached hydrogen (secondary N) is 1. The highest BCUT2D eigenvalue weighted by Gasteiger charge is 2.30. The van der Waals surface area contributed by atoms with Gasteiger partial charge in [-0.15, -0.1) is 0 Å². The van der Waals surface area contributed by atoms with Crippen LogP contribution >= 0.6 is 0 Å². The van der Waals surface area contributed by atoms with Crippen LogP contribution in [0.2, 0.25) is 0 Å².